The fourth-order valence-electron chi connectivity index (χ4n) is 2.41. The molecule has 0 bridgehead atoms. The number of aromatic nitrogens is 2. The maximum atomic E-state index is 5.66. The molecule has 1 atom stereocenters. The molecule has 0 amide bonds. The zero-order chi connectivity index (χ0) is 13.2. The van der Waals surface area contributed by atoms with Crippen LogP contribution in [0.15, 0.2) is 25.6 Å². The topological polar surface area (TPSA) is 55.3 Å². The Morgan fingerprint density at radius 2 is 2.21 bits per heavy atom. The minimum Gasteiger partial charge on any atom is -0.444 e. The second-order valence-corrected chi connectivity index (χ2v) is 5.70. The van der Waals surface area contributed by atoms with Gasteiger partial charge >= 0.3 is 0 Å². The highest BCUT2D eigenvalue weighted by atomic mass is 79.9. The first-order valence-corrected chi connectivity index (χ1v) is 7.34. The standard InChI is InChI=1S/C13H16BrN3O2/c1-9-4-2-3-7-17(9)8-12-15-16-13(19-12)10-5-6-11(14)18-10/h5-6,9H,2-4,7-8H2,1H3/t9-/m0/s1. The summed E-state index contributed by atoms with van der Waals surface area (Å²) < 4.78 is 11.7. The first-order chi connectivity index (χ1) is 9.22. The smallest absolute Gasteiger partial charge is 0.283 e. The molecule has 6 heteroatoms. The number of rotatable bonds is 3. The molecular weight excluding hydrogens is 310 g/mol. The van der Waals surface area contributed by atoms with Crippen LogP contribution < -0.4 is 0 Å². The number of nitrogens with zero attached hydrogens (tertiary/aromatic N) is 3. The monoisotopic (exact) mass is 325 g/mol. The van der Waals surface area contributed by atoms with Crippen LogP contribution >= 0.6 is 15.9 Å². The van der Waals surface area contributed by atoms with E-state index >= 15 is 0 Å². The van der Waals surface area contributed by atoms with Gasteiger partial charge in [0.15, 0.2) is 10.4 Å². The molecule has 1 aliphatic rings. The molecule has 0 radical (unpaired) electrons. The number of likely N-dealkylation sites (tertiary alicyclic amines) is 1. The molecule has 3 rings (SSSR count). The van der Waals surface area contributed by atoms with Crippen molar-refractivity contribution in [3.8, 4) is 11.7 Å². The fraction of sp³-hybridized carbons (Fsp3) is 0.538. The SMILES string of the molecule is C[C@H]1CCCCN1Cc1nnc(-c2ccc(Br)o2)o1. The van der Waals surface area contributed by atoms with Gasteiger partial charge in [0.1, 0.15) is 0 Å². The first-order valence-electron chi connectivity index (χ1n) is 6.54. The van der Waals surface area contributed by atoms with Crippen molar-refractivity contribution in [2.24, 2.45) is 0 Å². The Morgan fingerprint density at radius 1 is 1.32 bits per heavy atom. The van der Waals surface area contributed by atoms with Crippen LogP contribution in [0.1, 0.15) is 32.1 Å². The highest BCUT2D eigenvalue weighted by Crippen LogP contribution is 2.25. The van der Waals surface area contributed by atoms with Crippen molar-refractivity contribution >= 4 is 15.9 Å². The molecule has 0 N–H and O–H groups in total. The Labute approximate surface area is 120 Å². The zero-order valence-electron chi connectivity index (χ0n) is 10.8. The van der Waals surface area contributed by atoms with E-state index in [-0.39, 0.29) is 0 Å². The van der Waals surface area contributed by atoms with Crippen LogP contribution in [0.5, 0.6) is 0 Å². The lowest BCUT2D eigenvalue weighted by Gasteiger charge is -2.31. The van der Waals surface area contributed by atoms with Crippen LogP contribution in [0.25, 0.3) is 11.7 Å². The molecule has 1 fully saturated rings. The van der Waals surface area contributed by atoms with Crippen LogP contribution in [-0.2, 0) is 6.54 Å². The summed E-state index contributed by atoms with van der Waals surface area (Å²) in [7, 11) is 0. The lowest BCUT2D eigenvalue weighted by Crippen LogP contribution is -2.36. The normalized spacial score (nSPS) is 20.8. The van der Waals surface area contributed by atoms with Crippen LogP contribution in [0.2, 0.25) is 0 Å². The maximum Gasteiger partial charge on any atom is 0.283 e. The van der Waals surface area contributed by atoms with E-state index in [9.17, 15) is 0 Å². The molecule has 1 aliphatic heterocycles. The molecule has 1 saturated heterocycles. The average Bonchev–Trinajstić information content (AvgIpc) is 3.01. The highest BCUT2D eigenvalue weighted by Gasteiger charge is 2.21. The van der Waals surface area contributed by atoms with Crippen molar-refractivity contribution in [3.63, 3.8) is 0 Å². The van der Waals surface area contributed by atoms with Gasteiger partial charge in [0.05, 0.1) is 6.54 Å². The van der Waals surface area contributed by atoms with Crippen molar-refractivity contribution in [2.75, 3.05) is 6.54 Å². The third kappa shape index (κ3) is 2.90. The van der Waals surface area contributed by atoms with Crippen molar-refractivity contribution in [2.45, 2.75) is 38.8 Å². The Hall–Kier alpha value is -1.14. The van der Waals surface area contributed by atoms with Gasteiger partial charge in [-0.05, 0) is 54.4 Å². The molecule has 5 nitrogen and oxygen atoms in total. The van der Waals surface area contributed by atoms with Gasteiger partial charge in [0, 0.05) is 6.04 Å². The van der Waals surface area contributed by atoms with E-state index in [2.05, 4.69) is 38.0 Å². The van der Waals surface area contributed by atoms with Crippen LogP contribution in [0.4, 0.5) is 0 Å². The molecule has 102 valence electrons. The summed E-state index contributed by atoms with van der Waals surface area (Å²) in [5, 5.41) is 8.13. The molecule has 0 unspecified atom stereocenters. The minimum atomic E-state index is 0.436. The quantitative estimate of drug-likeness (QED) is 0.864. The van der Waals surface area contributed by atoms with E-state index in [1.54, 1.807) is 0 Å². The van der Waals surface area contributed by atoms with Gasteiger partial charge in [0.2, 0.25) is 5.89 Å². The fourth-order valence-corrected chi connectivity index (χ4v) is 2.72. The van der Waals surface area contributed by atoms with Gasteiger partial charge in [-0.3, -0.25) is 4.90 Å². The predicted octanol–water partition coefficient (Wildman–Crippen LogP) is 3.47. The number of hydrogen-bond donors (Lipinski definition) is 0. The third-order valence-electron chi connectivity index (χ3n) is 3.53. The number of piperidine rings is 1. The Balaban J connectivity index is 1.71. The van der Waals surface area contributed by atoms with Crippen LogP contribution in [0.3, 0.4) is 0 Å². The van der Waals surface area contributed by atoms with Crippen molar-refractivity contribution in [3.05, 3.63) is 22.7 Å². The molecule has 0 spiro atoms. The van der Waals surface area contributed by atoms with E-state index in [0.717, 1.165) is 13.1 Å². The molecule has 0 aliphatic carbocycles. The average molecular weight is 326 g/mol. The summed E-state index contributed by atoms with van der Waals surface area (Å²) in [5.74, 6) is 1.68. The number of hydrogen-bond acceptors (Lipinski definition) is 5. The van der Waals surface area contributed by atoms with Crippen molar-refractivity contribution < 1.29 is 8.83 Å². The van der Waals surface area contributed by atoms with Gasteiger partial charge in [-0.25, -0.2) is 0 Å². The second-order valence-electron chi connectivity index (χ2n) is 4.92. The first kappa shape index (κ1) is 12.9. The second kappa shape index (κ2) is 5.46. The summed E-state index contributed by atoms with van der Waals surface area (Å²) in [6.07, 6.45) is 3.80. The predicted molar refractivity (Wildman–Crippen MR) is 73.4 cm³/mol. The molecule has 0 aromatic carbocycles. The molecule has 3 heterocycles. The molecule has 2 aromatic rings. The summed E-state index contributed by atoms with van der Waals surface area (Å²) in [5.41, 5.74) is 0. The summed E-state index contributed by atoms with van der Waals surface area (Å²) in [4.78, 5) is 2.39. The molecule has 19 heavy (non-hydrogen) atoms. The highest BCUT2D eigenvalue weighted by molar-refractivity contribution is 9.10. The van der Waals surface area contributed by atoms with Gasteiger partial charge < -0.3 is 8.83 Å². The van der Waals surface area contributed by atoms with Gasteiger partial charge in [-0.1, -0.05) is 6.42 Å². The summed E-state index contributed by atoms with van der Waals surface area (Å²) in [6.45, 7) is 4.07. The van der Waals surface area contributed by atoms with Crippen molar-refractivity contribution in [1.29, 1.82) is 0 Å². The Bertz CT molecular complexity index is 552. The Morgan fingerprint density at radius 3 is 2.95 bits per heavy atom. The van der Waals surface area contributed by atoms with Gasteiger partial charge in [-0.2, -0.15) is 0 Å². The van der Waals surface area contributed by atoms with E-state index in [1.165, 1.54) is 19.3 Å². The minimum absolute atomic E-state index is 0.436. The maximum absolute atomic E-state index is 5.66. The van der Waals surface area contributed by atoms with E-state index < -0.39 is 0 Å². The van der Waals surface area contributed by atoms with Crippen LogP contribution in [-0.4, -0.2) is 27.7 Å². The van der Waals surface area contributed by atoms with Crippen LogP contribution in [0, 0.1) is 0 Å². The van der Waals surface area contributed by atoms with Gasteiger partial charge in [0.25, 0.3) is 5.89 Å². The Kier molecular flexibility index (Phi) is 3.70. The molecular formula is C13H16BrN3O2. The van der Waals surface area contributed by atoms with E-state index in [1.807, 2.05) is 12.1 Å². The summed E-state index contributed by atoms with van der Waals surface area (Å²) >= 11 is 3.26. The number of furan rings is 1. The largest absolute Gasteiger partial charge is 0.444 e. The van der Waals surface area contributed by atoms with E-state index in [4.69, 9.17) is 8.83 Å². The third-order valence-corrected chi connectivity index (χ3v) is 3.96. The van der Waals surface area contributed by atoms with Gasteiger partial charge in [-0.15, -0.1) is 10.2 Å². The summed E-state index contributed by atoms with van der Waals surface area (Å²) in [6, 6.07) is 4.21. The lowest BCUT2D eigenvalue weighted by molar-refractivity contribution is 0.139. The van der Waals surface area contributed by atoms with Crippen molar-refractivity contribution in [1.82, 2.24) is 15.1 Å². The van der Waals surface area contributed by atoms with E-state index in [0.29, 0.717) is 28.3 Å². The lowest BCUT2D eigenvalue weighted by atomic mass is 10.0. The zero-order valence-corrected chi connectivity index (χ0v) is 12.4. The molecule has 0 saturated carbocycles. The number of halogens is 1. The molecule has 2 aromatic heterocycles.